The lowest BCUT2D eigenvalue weighted by Crippen LogP contribution is -1.90. The maximum Gasteiger partial charge on any atom is 0.187 e. The highest BCUT2D eigenvalue weighted by molar-refractivity contribution is 7.14. The van der Waals surface area contributed by atoms with Gasteiger partial charge in [-0.2, -0.15) is 0 Å². The van der Waals surface area contributed by atoms with Gasteiger partial charge in [0.2, 0.25) is 0 Å². The molecular weight excluding hydrogens is 314 g/mol. The largest absolute Gasteiger partial charge is 0.332 e. The summed E-state index contributed by atoms with van der Waals surface area (Å²) in [5, 5.41) is 6.00. The summed E-state index contributed by atoms with van der Waals surface area (Å²) >= 11 is 7.13. The highest BCUT2D eigenvalue weighted by Gasteiger charge is 2.10. The minimum absolute atomic E-state index is 0.149. The molecule has 0 atom stereocenters. The van der Waals surface area contributed by atoms with E-state index in [9.17, 15) is 8.78 Å². The maximum atomic E-state index is 13.7. The number of anilines is 2. The molecular formula is C15H9ClF2N2S. The molecule has 0 spiro atoms. The van der Waals surface area contributed by atoms with Gasteiger partial charge in [0.1, 0.15) is 11.6 Å². The second-order valence-electron chi connectivity index (χ2n) is 4.29. The Morgan fingerprint density at radius 1 is 1.05 bits per heavy atom. The van der Waals surface area contributed by atoms with Crippen LogP contribution in [0.3, 0.4) is 0 Å². The number of aromatic nitrogens is 1. The average molecular weight is 323 g/mol. The molecule has 1 aromatic heterocycles. The van der Waals surface area contributed by atoms with E-state index in [0.717, 1.165) is 23.9 Å². The van der Waals surface area contributed by atoms with Gasteiger partial charge in [-0.3, -0.25) is 0 Å². The van der Waals surface area contributed by atoms with E-state index < -0.39 is 11.6 Å². The van der Waals surface area contributed by atoms with Gasteiger partial charge in [-0.25, -0.2) is 13.8 Å². The molecule has 0 saturated heterocycles. The van der Waals surface area contributed by atoms with Crippen molar-refractivity contribution in [3.05, 3.63) is 64.5 Å². The molecule has 0 fully saturated rings. The second kappa shape index (κ2) is 5.79. The molecule has 0 radical (unpaired) electrons. The van der Waals surface area contributed by atoms with Gasteiger partial charge in [-0.1, -0.05) is 11.6 Å². The summed E-state index contributed by atoms with van der Waals surface area (Å²) in [6, 6.07) is 10.4. The number of nitrogens with one attached hydrogen (secondary N) is 1. The highest BCUT2D eigenvalue weighted by atomic mass is 35.5. The summed E-state index contributed by atoms with van der Waals surface area (Å²) < 4.78 is 26.9. The Bertz CT molecular complexity index is 772. The SMILES string of the molecule is Fc1ccc(F)c(-c2csc(Nc3ccc(Cl)cc3)n2)c1. The zero-order valence-corrected chi connectivity index (χ0v) is 12.2. The van der Waals surface area contributed by atoms with Crippen molar-refractivity contribution in [3.8, 4) is 11.3 Å². The fourth-order valence-corrected chi connectivity index (χ4v) is 2.66. The molecule has 3 rings (SSSR count). The maximum absolute atomic E-state index is 13.7. The van der Waals surface area contributed by atoms with Crippen LogP contribution in [0.4, 0.5) is 19.6 Å². The standard InChI is InChI=1S/C15H9ClF2N2S/c16-9-1-4-11(5-2-9)19-15-20-14(8-21-15)12-7-10(17)3-6-13(12)18/h1-8H,(H,19,20). The summed E-state index contributed by atoms with van der Waals surface area (Å²) in [6.45, 7) is 0. The lowest BCUT2D eigenvalue weighted by atomic mass is 10.1. The third-order valence-electron chi connectivity index (χ3n) is 2.80. The van der Waals surface area contributed by atoms with Crippen LogP contribution >= 0.6 is 22.9 Å². The molecule has 3 aromatic rings. The van der Waals surface area contributed by atoms with E-state index >= 15 is 0 Å². The number of hydrogen-bond acceptors (Lipinski definition) is 3. The molecule has 0 aliphatic rings. The van der Waals surface area contributed by atoms with Crippen LogP contribution in [0.25, 0.3) is 11.3 Å². The van der Waals surface area contributed by atoms with Crippen LogP contribution in [0, 0.1) is 11.6 Å². The van der Waals surface area contributed by atoms with E-state index in [1.807, 2.05) is 12.1 Å². The Hall–Kier alpha value is -1.98. The van der Waals surface area contributed by atoms with Crippen LogP contribution in [-0.4, -0.2) is 4.98 Å². The zero-order chi connectivity index (χ0) is 14.8. The highest BCUT2D eigenvalue weighted by Crippen LogP contribution is 2.29. The first-order valence-corrected chi connectivity index (χ1v) is 7.31. The van der Waals surface area contributed by atoms with Gasteiger partial charge in [-0.05, 0) is 42.5 Å². The Labute approximate surface area is 129 Å². The molecule has 106 valence electrons. The Morgan fingerprint density at radius 2 is 1.81 bits per heavy atom. The topological polar surface area (TPSA) is 24.9 Å². The number of halogens is 3. The second-order valence-corrected chi connectivity index (χ2v) is 5.59. The molecule has 0 saturated carbocycles. The van der Waals surface area contributed by atoms with Crippen LogP contribution in [0.2, 0.25) is 5.02 Å². The van der Waals surface area contributed by atoms with Crippen molar-refractivity contribution in [2.24, 2.45) is 0 Å². The van der Waals surface area contributed by atoms with Gasteiger partial charge in [0, 0.05) is 21.7 Å². The fraction of sp³-hybridized carbons (Fsp3) is 0. The Kier molecular flexibility index (Phi) is 3.86. The van der Waals surface area contributed by atoms with Crippen molar-refractivity contribution in [3.63, 3.8) is 0 Å². The van der Waals surface area contributed by atoms with Crippen molar-refractivity contribution < 1.29 is 8.78 Å². The average Bonchev–Trinajstić information content (AvgIpc) is 2.92. The first-order valence-electron chi connectivity index (χ1n) is 6.05. The number of nitrogens with zero attached hydrogens (tertiary/aromatic N) is 1. The molecule has 0 unspecified atom stereocenters. The minimum atomic E-state index is -0.500. The molecule has 0 aliphatic carbocycles. The van der Waals surface area contributed by atoms with Crippen molar-refractivity contribution in [2.75, 3.05) is 5.32 Å². The van der Waals surface area contributed by atoms with Crippen LogP contribution in [0.15, 0.2) is 47.8 Å². The van der Waals surface area contributed by atoms with Gasteiger partial charge in [0.05, 0.1) is 5.69 Å². The van der Waals surface area contributed by atoms with Crippen LogP contribution < -0.4 is 5.32 Å². The van der Waals surface area contributed by atoms with Gasteiger partial charge in [-0.15, -0.1) is 11.3 Å². The smallest absolute Gasteiger partial charge is 0.187 e. The number of thiazole rings is 1. The van der Waals surface area contributed by atoms with Crippen molar-refractivity contribution in [1.29, 1.82) is 0 Å². The number of benzene rings is 2. The molecule has 2 nitrogen and oxygen atoms in total. The van der Waals surface area contributed by atoms with E-state index in [1.54, 1.807) is 17.5 Å². The third-order valence-corrected chi connectivity index (χ3v) is 3.81. The first-order chi connectivity index (χ1) is 10.1. The predicted octanol–water partition coefficient (Wildman–Crippen LogP) is 5.49. The van der Waals surface area contributed by atoms with E-state index in [-0.39, 0.29) is 5.56 Å². The molecule has 2 aromatic carbocycles. The van der Waals surface area contributed by atoms with Crippen molar-refractivity contribution >= 4 is 33.8 Å². The van der Waals surface area contributed by atoms with Gasteiger partial charge in [0.15, 0.2) is 5.13 Å². The quantitative estimate of drug-likeness (QED) is 0.690. The van der Waals surface area contributed by atoms with Gasteiger partial charge in [0.25, 0.3) is 0 Å². The fourth-order valence-electron chi connectivity index (χ4n) is 1.81. The minimum Gasteiger partial charge on any atom is -0.332 e. The molecule has 1 N–H and O–H groups in total. The Morgan fingerprint density at radius 3 is 2.57 bits per heavy atom. The Balaban J connectivity index is 1.86. The number of hydrogen-bond donors (Lipinski definition) is 1. The summed E-state index contributed by atoms with van der Waals surface area (Å²) in [4.78, 5) is 4.27. The molecule has 6 heteroatoms. The van der Waals surface area contributed by atoms with Crippen LogP contribution in [0.5, 0.6) is 0 Å². The van der Waals surface area contributed by atoms with E-state index in [4.69, 9.17) is 11.6 Å². The van der Waals surface area contributed by atoms with E-state index in [1.165, 1.54) is 11.3 Å². The zero-order valence-electron chi connectivity index (χ0n) is 10.6. The molecule has 0 amide bonds. The third kappa shape index (κ3) is 3.20. The summed E-state index contributed by atoms with van der Waals surface area (Å²) in [5.41, 5.74) is 1.36. The molecule has 0 aliphatic heterocycles. The lowest BCUT2D eigenvalue weighted by Gasteiger charge is -2.02. The van der Waals surface area contributed by atoms with Crippen LogP contribution in [0.1, 0.15) is 0 Å². The van der Waals surface area contributed by atoms with Gasteiger partial charge >= 0.3 is 0 Å². The molecule has 1 heterocycles. The summed E-state index contributed by atoms with van der Waals surface area (Å²) in [5.74, 6) is -0.994. The van der Waals surface area contributed by atoms with Crippen molar-refractivity contribution in [1.82, 2.24) is 4.98 Å². The van der Waals surface area contributed by atoms with E-state index in [2.05, 4.69) is 10.3 Å². The summed E-state index contributed by atoms with van der Waals surface area (Å²) in [6.07, 6.45) is 0. The van der Waals surface area contributed by atoms with Crippen LogP contribution in [-0.2, 0) is 0 Å². The number of rotatable bonds is 3. The molecule has 0 bridgehead atoms. The summed E-state index contributed by atoms with van der Waals surface area (Å²) in [7, 11) is 0. The van der Waals surface area contributed by atoms with E-state index in [0.29, 0.717) is 15.8 Å². The monoisotopic (exact) mass is 322 g/mol. The predicted molar refractivity (Wildman–Crippen MR) is 82.2 cm³/mol. The van der Waals surface area contributed by atoms with Gasteiger partial charge < -0.3 is 5.32 Å². The van der Waals surface area contributed by atoms with Crippen molar-refractivity contribution in [2.45, 2.75) is 0 Å². The molecule has 21 heavy (non-hydrogen) atoms. The lowest BCUT2D eigenvalue weighted by molar-refractivity contribution is 0.603. The first kappa shape index (κ1) is 14.0. The normalized spacial score (nSPS) is 10.6.